The maximum Gasteiger partial charge on any atom is 0.150 e. The van der Waals surface area contributed by atoms with E-state index in [4.69, 9.17) is 4.74 Å². The summed E-state index contributed by atoms with van der Waals surface area (Å²) in [6, 6.07) is 11.8. The zero-order chi connectivity index (χ0) is 13.0. The average Bonchev–Trinajstić information content (AvgIpc) is 2.41. The van der Waals surface area contributed by atoms with Gasteiger partial charge in [0, 0.05) is 10.5 Å². The molecule has 0 aliphatic heterocycles. The van der Waals surface area contributed by atoms with Gasteiger partial charge in [-0.2, -0.15) is 0 Å². The number of benzene rings is 2. The molecule has 0 amide bonds. The molecule has 0 saturated heterocycles. The van der Waals surface area contributed by atoms with Crippen LogP contribution in [0.3, 0.4) is 0 Å². The molecule has 0 heterocycles. The molecule has 18 heavy (non-hydrogen) atoms. The summed E-state index contributed by atoms with van der Waals surface area (Å²) >= 11 is 1.27. The number of carbonyl (C=O) groups excluding carboxylic acids is 1. The predicted molar refractivity (Wildman–Crippen MR) is 68.9 cm³/mol. The standard InChI is InChI=1S/C14H11FO2S/c1-17-12-4-2-3-5-14(12)18-13-7-6-10(9-16)8-11(13)15/h2-9H,1H3. The van der Waals surface area contributed by atoms with Gasteiger partial charge in [0.05, 0.1) is 12.0 Å². The highest BCUT2D eigenvalue weighted by Crippen LogP contribution is 2.35. The fourth-order valence-corrected chi connectivity index (χ4v) is 2.42. The molecule has 2 aromatic rings. The molecule has 0 radical (unpaired) electrons. The monoisotopic (exact) mass is 262 g/mol. The molecular formula is C14H11FO2S. The van der Waals surface area contributed by atoms with E-state index in [1.165, 1.54) is 17.8 Å². The molecule has 0 saturated carbocycles. The van der Waals surface area contributed by atoms with Crippen LogP contribution in [-0.2, 0) is 0 Å². The van der Waals surface area contributed by atoms with Crippen molar-refractivity contribution < 1.29 is 13.9 Å². The van der Waals surface area contributed by atoms with Crippen molar-refractivity contribution in [1.82, 2.24) is 0 Å². The second kappa shape index (κ2) is 5.69. The van der Waals surface area contributed by atoms with Crippen molar-refractivity contribution in [3.05, 3.63) is 53.8 Å². The molecule has 4 heteroatoms. The molecule has 0 bridgehead atoms. The van der Waals surface area contributed by atoms with Crippen molar-refractivity contribution in [3.63, 3.8) is 0 Å². The topological polar surface area (TPSA) is 26.3 Å². The first-order valence-electron chi connectivity index (χ1n) is 5.30. The summed E-state index contributed by atoms with van der Waals surface area (Å²) in [5.41, 5.74) is 0.330. The number of rotatable bonds is 4. The Kier molecular flexibility index (Phi) is 3.99. The van der Waals surface area contributed by atoms with E-state index in [-0.39, 0.29) is 0 Å². The van der Waals surface area contributed by atoms with Gasteiger partial charge in [-0.05, 0) is 24.3 Å². The smallest absolute Gasteiger partial charge is 0.150 e. The van der Waals surface area contributed by atoms with Crippen LogP contribution >= 0.6 is 11.8 Å². The second-order valence-corrected chi connectivity index (χ2v) is 4.64. The van der Waals surface area contributed by atoms with Crippen molar-refractivity contribution in [2.45, 2.75) is 9.79 Å². The lowest BCUT2D eigenvalue weighted by Gasteiger charge is -2.08. The van der Waals surface area contributed by atoms with E-state index in [1.807, 2.05) is 24.3 Å². The van der Waals surface area contributed by atoms with E-state index in [0.717, 1.165) is 4.90 Å². The maximum atomic E-state index is 13.7. The molecule has 0 aromatic heterocycles. The van der Waals surface area contributed by atoms with E-state index in [9.17, 15) is 9.18 Å². The van der Waals surface area contributed by atoms with Gasteiger partial charge in [0.2, 0.25) is 0 Å². The van der Waals surface area contributed by atoms with Gasteiger partial charge in [0.1, 0.15) is 17.9 Å². The van der Waals surface area contributed by atoms with Crippen molar-refractivity contribution in [2.75, 3.05) is 7.11 Å². The minimum atomic E-state index is -0.407. The summed E-state index contributed by atoms with van der Waals surface area (Å²) < 4.78 is 18.9. The summed E-state index contributed by atoms with van der Waals surface area (Å²) in [6.07, 6.45) is 0.626. The van der Waals surface area contributed by atoms with Crippen LogP contribution in [0.15, 0.2) is 52.3 Å². The van der Waals surface area contributed by atoms with Crippen molar-refractivity contribution in [1.29, 1.82) is 0 Å². The van der Waals surface area contributed by atoms with Crippen molar-refractivity contribution in [3.8, 4) is 5.75 Å². The molecule has 0 unspecified atom stereocenters. The lowest BCUT2D eigenvalue weighted by atomic mass is 10.2. The first kappa shape index (κ1) is 12.6. The fraction of sp³-hybridized carbons (Fsp3) is 0.0714. The van der Waals surface area contributed by atoms with E-state index in [2.05, 4.69) is 0 Å². The Morgan fingerprint density at radius 1 is 1.17 bits per heavy atom. The van der Waals surface area contributed by atoms with Crippen LogP contribution in [0, 0.1) is 5.82 Å². The number of para-hydroxylation sites is 1. The van der Waals surface area contributed by atoms with Crippen LogP contribution in [0.2, 0.25) is 0 Å². The quantitative estimate of drug-likeness (QED) is 0.784. The number of hydrogen-bond acceptors (Lipinski definition) is 3. The molecule has 0 aliphatic rings. The SMILES string of the molecule is COc1ccccc1Sc1ccc(C=O)cc1F. The van der Waals surface area contributed by atoms with Crippen molar-refractivity contribution in [2.24, 2.45) is 0 Å². The summed E-state index contributed by atoms with van der Waals surface area (Å²) in [7, 11) is 1.57. The van der Waals surface area contributed by atoms with Crippen molar-refractivity contribution >= 4 is 18.0 Å². The van der Waals surface area contributed by atoms with Crippen LogP contribution in [0.25, 0.3) is 0 Å². The highest BCUT2D eigenvalue weighted by atomic mass is 32.2. The van der Waals surface area contributed by atoms with Crippen LogP contribution in [0.4, 0.5) is 4.39 Å². The van der Waals surface area contributed by atoms with E-state index < -0.39 is 5.82 Å². The molecule has 0 N–H and O–H groups in total. The lowest BCUT2D eigenvalue weighted by molar-refractivity contribution is 0.112. The third kappa shape index (κ3) is 2.71. The average molecular weight is 262 g/mol. The lowest BCUT2D eigenvalue weighted by Crippen LogP contribution is -1.88. The maximum absolute atomic E-state index is 13.7. The highest BCUT2D eigenvalue weighted by molar-refractivity contribution is 7.99. The van der Waals surface area contributed by atoms with Gasteiger partial charge >= 0.3 is 0 Å². The van der Waals surface area contributed by atoms with E-state index in [0.29, 0.717) is 22.5 Å². The zero-order valence-corrected chi connectivity index (χ0v) is 10.5. The summed E-state index contributed by atoms with van der Waals surface area (Å²) in [5.74, 6) is 0.289. The van der Waals surface area contributed by atoms with Gasteiger partial charge < -0.3 is 4.74 Å². The largest absolute Gasteiger partial charge is 0.496 e. The highest BCUT2D eigenvalue weighted by Gasteiger charge is 2.08. The summed E-state index contributed by atoms with van der Waals surface area (Å²) in [6.45, 7) is 0. The molecule has 0 fully saturated rings. The molecule has 0 aliphatic carbocycles. The number of hydrogen-bond donors (Lipinski definition) is 0. The summed E-state index contributed by atoms with van der Waals surface area (Å²) in [4.78, 5) is 11.8. The van der Waals surface area contributed by atoms with E-state index in [1.54, 1.807) is 19.2 Å². The molecule has 0 atom stereocenters. The Morgan fingerprint density at radius 3 is 2.61 bits per heavy atom. The molecular weight excluding hydrogens is 251 g/mol. The molecule has 2 aromatic carbocycles. The number of carbonyl (C=O) groups is 1. The molecule has 92 valence electrons. The number of methoxy groups -OCH3 is 1. The normalized spacial score (nSPS) is 10.1. The Hall–Kier alpha value is -1.81. The van der Waals surface area contributed by atoms with Gasteiger partial charge in [-0.3, -0.25) is 4.79 Å². The number of ether oxygens (including phenoxy) is 1. The number of halogens is 1. The Labute approximate surface area is 109 Å². The van der Waals surface area contributed by atoms with Crippen LogP contribution in [-0.4, -0.2) is 13.4 Å². The zero-order valence-electron chi connectivity index (χ0n) is 9.72. The van der Waals surface area contributed by atoms with Gasteiger partial charge in [-0.1, -0.05) is 30.0 Å². The minimum absolute atomic E-state index is 0.330. The third-order valence-electron chi connectivity index (χ3n) is 2.38. The molecule has 2 rings (SSSR count). The second-order valence-electron chi connectivity index (χ2n) is 3.56. The van der Waals surface area contributed by atoms with Crippen LogP contribution in [0.5, 0.6) is 5.75 Å². The Bertz CT molecular complexity index is 569. The number of aldehydes is 1. The van der Waals surface area contributed by atoms with Crippen LogP contribution < -0.4 is 4.74 Å². The Morgan fingerprint density at radius 2 is 1.94 bits per heavy atom. The first-order valence-corrected chi connectivity index (χ1v) is 6.12. The fourth-order valence-electron chi connectivity index (χ4n) is 1.49. The van der Waals surface area contributed by atoms with Gasteiger partial charge in [-0.25, -0.2) is 4.39 Å². The summed E-state index contributed by atoms with van der Waals surface area (Å²) in [5, 5.41) is 0. The van der Waals surface area contributed by atoms with E-state index >= 15 is 0 Å². The predicted octanol–water partition coefficient (Wildman–Crippen LogP) is 3.80. The van der Waals surface area contributed by atoms with Gasteiger partial charge in [-0.15, -0.1) is 0 Å². The third-order valence-corrected chi connectivity index (χ3v) is 3.49. The van der Waals surface area contributed by atoms with Gasteiger partial charge in [0.15, 0.2) is 0 Å². The molecule has 2 nitrogen and oxygen atoms in total. The first-order chi connectivity index (χ1) is 8.74. The van der Waals surface area contributed by atoms with Crippen LogP contribution in [0.1, 0.15) is 10.4 Å². The minimum Gasteiger partial charge on any atom is -0.496 e. The Balaban J connectivity index is 2.31. The molecule has 0 spiro atoms. The van der Waals surface area contributed by atoms with Gasteiger partial charge in [0.25, 0.3) is 0 Å².